The summed E-state index contributed by atoms with van der Waals surface area (Å²) < 4.78 is 0. The molecular weight excluding hydrogens is 198 g/mol. The van der Waals surface area contributed by atoms with Crippen LogP contribution in [-0.4, -0.2) is 41.9 Å². The van der Waals surface area contributed by atoms with Crippen molar-refractivity contribution in [2.24, 2.45) is 5.84 Å². The molecule has 84 valence electrons. The molecule has 0 bridgehead atoms. The van der Waals surface area contributed by atoms with Crippen molar-refractivity contribution in [2.75, 3.05) is 19.1 Å². The molecule has 0 saturated carbocycles. The van der Waals surface area contributed by atoms with Crippen LogP contribution < -0.4 is 11.3 Å². The van der Waals surface area contributed by atoms with Gasteiger partial charge in [0, 0.05) is 6.04 Å². The monoisotopic (exact) mass is 219 g/mol. The lowest BCUT2D eigenvalue weighted by atomic mass is 10.2. The number of nitrogens with one attached hydrogen (secondary N) is 1. The molecule has 0 aliphatic carbocycles. The van der Waals surface area contributed by atoms with Crippen LogP contribution in [0.25, 0.3) is 0 Å². The highest BCUT2D eigenvalue weighted by atomic mass is 32.2. The van der Waals surface area contributed by atoms with E-state index in [1.807, 2.05) is 30.6 Å². The Morgan fingerprint density at radius 1 is 1.57 bits per heavy atom. The van der Waals surface area contributed by atoms with Crippen LogP contribution in [0.1, 0.15) is 20.3 Å². The first-order valence-corrected chi connectivity index (χ1v) is 6.15. The van der Waals surface area contributed by atoms with E-state index in [1.54, 1.807) is 0 Å². The molecule has 2 atom stereocenters. The average Bonchev–Trinajstić information content (AvgIpc) is 2.22. The zero-order valence-corrected chi connectivity index (χ0v) is 10.2. The molecule has 0 aromatic rings. The predicted molar refractivity (Wildman–Crippen MR) is 62.0 cm³/mol. The second-order valence-electron chi connectivity index (χ2n) is 3.48. The molecule has 4 nitrogen and oxygen atoms in total. The zero-order chi connectivity index (χ0) is 11.1. The molecule has 0 rings (SSSR count). The van der Waals surface area contributed by atoms with Crippen LogP contribution in [-0.2, 0) is 4.79 Å². The average molecular weight is 219 g/mol. The third kappa shape index (κ3) is 4.30. The minimum atomic E-state index is -0.170. The molecular formula is C9H21N3OS. The van der Waals surface area contributed by atoms with E-state index in [9.17, 15) is 4.79 Å². The Labute approximate surface area is 90.6 Å². The van der Waals surface area contributed by atoms with Crippen molar-refractivity contribution in [3.8, 4) is 0 Å². The molecule has 0 aliphatic rings. The lowest BCUT2D eigenvalue weighted by Crippen LogP contribution is -2.48. The van der Waals surface area contributed by atoms with Crippen LogP contribution in [0.3, 0.4) is 0 Å². The van der Waals surface area contributed by atoms with Crippen molar-refractivity contribution < 1.29 is 4.79 Å². The van der Waals surface area contributed by atoms with E-state index in [-0.39, 0.29) is 11.9 Å². The normalized spacial score (nSPS) is 15.3. The quantitative estimate of drug-likeness (QED) is 0.386. The van der Waals surface area contributed by atoms with E-state index in [4.69, 9.17) is 5.84 Å². The van der Waals surface area contributed by atoms with Crippen molar-refractivity contribution in [3.05, 3.63) is 0 Å². The van der Waals surface area contributed by atoms with E-state index in [0.29, 0.717) is 6.04 Å². The molecule has 2 unspecified atom stereocenters. The highest BCUT2D eigenvalue weighted by Crippen LogP contribution is 2.09. The number of rotatable bonds is 6. The molecule has 5 heteroatoms. The van der Waals surface area contributed by atoms with Crippen molar-refractivity contribution in [1.29, 1.82) is 0 Å². The lowest BCUT2D eigenvalue weighted by molar-refractivity contribution is -0.126. The zero-order valence-electron chi connectivity index (χ0n) is 9.41. The van der Waals surface area contributed by atoms with Crippen LogP contribution in [0, 0.1) is 0 Å². The maximum atomic E-state index is 11.2. The second kappa shape index (κ2) is 7.09. The van der Waals surface area contributed by atoms with Gasteiger partial charge in [0.1, 0.15) is 0 Å². The van der Waals surface area contributed by atoms with Gasteiger partial charge in [0.2, 0.25) is 0 Å². The Morgan fingerprint density at radius 3 is 2.57 bits per heavy atom. The first-order valence-electron chi connectivity index (χ1n) is 4.75. The molecule has 0 spiro atoms. The standard InChI is InChI=1S/C9H21N3OS/c1-7(5-6-14-4)12(3)8(2)9(13)11-10/h7-8H,5-6,10H2,1-4H3,(H,11,13). The van der Waals surface area contributed by atoms with Crippen molar-refractivity contribution in [1.82, 2.24) is 10.3 Å². The number of hydrazine groups is 1. The fourth-order valence-electron chi connectivity index (χ4n) is 1.18. The second-order valence-corrected chi connectivity index (χ2v) is 4.47. The molecule has 3 N–H and O–H groups in total. The first kappa shape index (κ1) is 13.7. The summed E-state index contributed by atoms with van der Waals surface area (Å²) in [6.45, 7) is 3.98. The third-order valence-electron chi connectivity index (χ3n) is 2.57. The molecule has 0 aliphatic heterocycles. The number of hydrogen-bond donors (Lipinski definition) is 2. The van der Waals surface area contributed by atoms with Crippen LogP contribution in [0.4, 0.5) is 0 Å². The largest absolute Gasteiger partial charge is 0.293 e. The van der Waals surface area contributed by atoms with Crippen LogP contribution in [0.2, 0.25) is 0 Å². The molecule has 0 saturated heterocycles. The Hall–Kier alpha value is -0.260. The minimum Gasteiger partial charge on any atom is -0.293 e. The Bertz CT molecular complexity index is 177. The van der Waals surface area contributed by atoms with E-state index in [1.165, 1.54) is 0 Å². The molecule has 1 amide bonds. The third-order valence-corrected chi connectivity index (χ3v) is 3.21. The first-order chi connectivity index (χ1) is 6.54. The van der Waals surface area contributed by atoms with Crippen molar-refractivity contribution in [3.63, 3.8) is 0 Å². The van der Waals surface area contributed by atoms with Gasteiger partial charge in [-0.05, 0) is 39.3 Å². The SMILES string of the molecule is CSCCC(C)N(C)C(C)C(=O)NN. The number of hydrogen-bond acceptors (Lipinski definition) is 4. The van der Waals surface area contributed by atoms with Gasteiger partial charge in [-0.25, -0.2) is 5.84 Å². The molecule has 0 fully saturated rings. The number of carbonyl (C=O) groups excluding carboxylic acids is 1. The van der Waals surface area contributed by atoms with Gasteiger partial charge >= 0.3 is 0 Å². The number of nitrogens with zero attached hydrogens (tertiary/aromatic N) is 1. The number of carbonyl (C=O) groups is 1. The van der Waals surface area contributed by atoms with Crippen LogP contribution in [0.5, 0.6) is 0 Å². The highest BCUT2D eigenvalue weighted by Gasteiger charge is 2.20. The number of amides is 1. The molecule has 0 aromatic carbocycles. The number of thioether (sulfide) groups is 1. The maximum absolute atomic E-state index is 11.2. The summed E-state index contributed by atoms with van der Waals surface area (Å²) in [6, 6.07) is 0.228. The topological polar surface area (TPSA) is 58.4 Å². The maximum Gasteiger partial charge on any atom is 0.250 e. The number of likely N-dealkylation sites (N-methyl/N-ethyl adjacent to an activating group) is 1. The van der Waals surface area contributed by atoms with Crippen LogP contribution in [0.15, 0.2) is 0 Å². The van der Waals surface area contributed by atoms with Gasteiger partial charge in [0.15, 0.2) is 0 Å². The van der Waals surface area contributed by atoms with Gasteiger partial charge in [-0.2, -0.15) is 11.8 Å². The smallest absolute Gasteiger partial charge is 0.250 e. The van der Waals surface area contributed by atoms with Gasteiger partial charge in [0.05, 0.1) is 6.04 Å². The Morgan fingerprint density at radius 2 is 2.14 bits per heavy atom. The molecule has 14 heavy (non-hydrogen) atoms. The van der Waals surface area contributed by atoms with E-state index < -0.39 is 0 Å². The summed E-state index contributed by atoms with van der Waals surface area (Å²) >= 11 is 1.82. The minimum absolute atomic E-state index is 0.136. The van der Waals surface area contributed by atoms with Crippen molar-refractivity contribution in [2.45, 2.75) is 32.4 Å². The summed E-state index contributed by atoms with van der Waals surface area (Å²) in [4.78, 5) is 13.3. The highest BCUT2D eigenvalue weighted by molar-refractivity contribution is 7.98. The van der Waals surface area contributed by atoms with Crippen LogP contribution >= 0.6 is 11.8 Å². The van der Waals surface area contributed by atoms with Gasteiger partial charge in [0.25, 0.3) is 5.91 Å². The summed E-state index contributed by atoms with van der Waals surface area (Å²) in [5.41, 5.74) is 2.17. The molecule has 0 heterocycles. The molecule has 0 radical (unpaired) electrons. The van der Waals surface area contributed by atoms with E-state index in [0.717, 1.165) is 12.2 Å². The summed E-state index contributed by atoms with van der Waals surface area (Å²) in [5, 5.41) is 0. The van der Waals surface area contributed by atoms with Gasteiger partial charge in [-0.15, -0.1) is 0 Å². The lowest BCUT2D eigenvalue weighted by Gasteiger charge is -2.29. The predicted octanol–water partition coefficient (Wildman–Crippen LogP) is 0.438. The van der Waals surface area contributed by atoms with Gasteiger partial charge in [-0.1, -0.05) is 0 Å². The summed E-state index contributed by atoms with van der Waals surface area (Å²) in [7, 11) is 1.95. The van der Waals surface area contributed by atoms with Gasteiger partial charge in [-0.3, -0.25) is 15.1 Å². The fraction of sp³-hybridized carbons (Fsp3) is 0.889. The van der Waals surface area contributed by atoms with E-state index >= 15 is 0 Å². The summed E-state index contributed by atoms with van der Waals surface area (Å²) in [5.74, 6) is 6.06. The number of nitrogens with two attached hydrogens (primary N) is 1. The molecule has 0 aromatic heterocycles. The van der Waals surface area contributed by atoms with Gasteiger partial charge < -0.3 is 0 Å². The Kier molecular flexibility index (Phi) is 6.96. The van der Waals surface area contributed by atoms with E-state index in [2.05, 4.69) is 18.6 Å². The summed E-state index contributed by atoms with van der Waals surface area (Å²) in [6.07, 6.45) is 3.17. The van der Waals surface area contributed by atoms with Crippen molar-refractivity contribution >= 4 is 17.7 Å². The fourth-order valence-corrected chi connectivity index (χ4v) is 1.76. The Balaban J connectivity index is 4.02.